The fraction of sp³-hybridized carbons (Fsp3) is 0.389. The molecule has 1 aliphatic rings. The maximum absolute atomic E-state index is 12.9. The Morgan fingerprint density at radius 1 is 1.25 bits per heavy atom. The van der Waals surface area contributed by atoms with Crippen molar-refractivity contribution in [2.45, 2.75) is 23.8 Å². The topological polar surface area (TPSA) is 32.3 Å². The summed E-state index contributed by atoms with van der Waals surface area (Å²) in [7, 11) is 0. The molecule has 3 rings (SSSR count). The van der Waals surface area contributed by atoms with Gasteiger partial charge in [-0.2, -0.15) is 0 Å². The van der Waals surface area contributed by atoms with Crippen LogP contribution in [0, 0.1) is 5.82 Å². The number of carbonyl (C=O) groups excluding carboxylic acids is 1. The fourth-order valence-corrected chi connectivity index (χ4v) is 4.47. The summed E-state index contributed by atoms with van der Waals surface area (Å²) in [5, 5.41) is 5.15. The van der Waals surface area contributed by atoms with Crippen LogP contribution in [-0.2, 0) is 4.79 Å². The summed E-state index contributed by atoms with van der Waals surface area (Å²) in [5.74, 6) is 0.112. The Kier molecular flexibility index (Phi) is 6.29. The summed E-state index contributed by atoms with van der Waals surface area (Å²) in [6.45, 7) is 2.84. The molecule has 0 aliphatic carbocycles. The van der Waals surface area contributed by atoms with E-state index in [0.717, 1.165) is 18.0 Å². The zero-order chi connectivity index (χ0) is 16.8. The molecule has 2 heterocycles. The van der Waals surface area contributed by atoms with Crippen LogP contribution in [0.25, 0.3) is 0 Å². The molecule has 1 amide bonds. The smallest absolute Gasteiger partial charge is 0.230 e. The fourth-order valence-electron chi connectivity index (χ4n) is 2.89. The highest BCUT2D eigenvalue weighted by molar-refractivity contribution is 8.00. The molecule has 0 radical (unpaired) electrons. The first-order valence-corrected chi connectivity index (χ1v) is 10.0. The zero-order valence-electron chi connectivity index (χ0n) is 13.4. The normalized spacial score (nSPS) is 16.2. The minimum atomic E-state index is -0.256. The van der Waals surface area contributed by atoms with Crippen molar-refractivity contribution >= 4 is 29.0 Å². The van der Waals surface area contributed by atoms with Gasteiger partial charge in [-0.3, -0.25) is 9.69 Å². The molecule has 0 saturated carbocycles. The summed E-state index contributed by atoms with van der Waals surface area (Å²) in [6.07, 6.45) is 2.46. The molecule has 1 aliphatic heterocycles. The molecule has 1 atom stereocenters. The van der Waals surface area contributed by atoms with Gasteiger partial charge in [0.05, 0.1) is 11.8 Å². The highest BCUT2D eigenvalue weighted by Crippen LogP contribution is 2.28. The molecule has 1 aromatic heterocycles. The lowest BCUT2D eigenvalue weighted by Gasteiger charge is -2.26. The van der Waals surface area contributed by atoms with Gasteiger partial charge < -0.3 is 5.32 Å². The molecule has 128 valence electrons. The van der Waals surface area contributed by atoms with Gasteiger partial charge in [0, 0.05) is 16.3 Å². The third-order valence-corrected chi connectivity index (χ3v) is 6.11. The minimum Gasteiger partial charge on any atom is -0.353 e. The predicted octanol–water partition coefficient (Wildman–Crippen LogP) is 3.93. The van der Waals surface area contributed by atoms with E-state index in [2.05, 4.69) is 27.7 Å². The van der Waals surface area contributed by atoms with Crippen LogP contribution in [0.5, 0.6) is 0 Å². The highest BCUT2D eigenvalue weighted by atomic mass is 32.2. The van der Waals surface area contributed by atoms with Crippen LogP contribution in [0.15, 0.2) is 46.7 Å². The molecule has 1 aromatic carbocycles. The molecular weight excluding hydrogens is 343 g/mol. The largest absolute Gasteiger partial charge is 0.353 e. The number of thiophene rings is 1. The van der Waals surface area contributed by atoms with E-state index in [9.17, 15) is 9.18 Å². The molecule has 1 fully saturated rings. The summed E-state index contributed by atoms with van der Waals surface area (Å²) in [5.41, 5.74) is 0. The molecule has 2 aromatic rings. The Hall–Kier alpha value is -1.37. The summed E-state index contributed by atoms with van der Waals surface area (Å²) in [4.78, 5) is 16.8. The van der Waals surface area contributed by atoms with Crippen molar-refractivity contribution < 1.29 is 9.18 Å². The van der Waals surface area contributed by atoms with Gasteiger partial charge in [0.15, 0.2) is 0 Å². The quantitative estimate of drug-likeness (QED) is 0.756. The number of nitrogens with zero attached hydrogens (tertiary/aromatic N) is 1. The minimum absolute atomic E-state index is 0.0186. The van der Waals surface area contributed by atoms with Gasteiger partial charge in [-0.15, -0.1) is 23.1 Å². The third kappa shape index (κ3) is 4.82. The Bertz CT molecular complexity index is 640. The maximum Gasteiger partial charge on any atom is 0.230 e. The number of benzene rings is 1. The van der Waals surface area contributed by atoms with Crippen LogP contribution < -0.4 is 5.32 Å². The van der Waals surface area contributed by atoms with Gasteiger partial charge in [0.1, 0.15) is 5.82 Å². The van der Waals surface area contributed by atoms with Gasteiger partial charge in [-0.1, -0.05) is 6.07 Å². The molecule has 24 heavy (non-hydrogen) atoms. The van der Waals surface area contributed by atoms with Crippen LogP contribution in [-0.4, -0.2) is 36.2 Å². The Balaban J connectivity index is 1.50. The van der Waals surface area contributed by atoms with E-state index in [-0.39, 0.29) is 17.8 Å². The first kappa shape index (κ1) is 17.5. The van der Waals surface area contributed by atoms with Crippen LogP contribution in [0.3, 0.4) is 0 Å². The number of hydrogen-bond donors (Lipinski definition) is 1. The first-order chi connectivity index (χ1) is 11.7. The van der Waals surface area contributed by atoms with Crippen LogP contribution in [0.1, 0.15) is 23.8 Å². The Morgan fingerprint density at radius 2 is 2.00 bits per heavy atom. The molecule has 3 nitrogen and oxygen atoms in total. The second-order valence-corrected chi connectivity index (χ2v) is 7.85. The second-order valence-electron chi connectivity index (χ2n) is 5.82. The Labute approximate surface area is 150 Å². The van der Waals surface area contributed by atoms with Crippen molar-refractivity contribution in [3.05, 3.63) is 52.5 Å². The number of likely N-dealkylation sites (tertiary alicyclic amines) is 1. The van der Waals surface area contributed by atoms with Crippen molar-refractivity contribution in [2.24, 2.45) is 0 Å². The van der Waals surface area contributed by atoms with Crippen molar-refractivity contribution in [3.63, 3.8) is 0 Å². The van der Waals surface area contributed by atoms with E-state index >= 15 is 0 Å². The van der Waals surface area contributed by atoms with Gasteiger partial charge >= 0.3 is 0 Å². The van der Waals surface area contributed by atoms with Crippen molar-refractivity contribution in [1.82, 2.24) is 10.2 Å². The number of carbonyl (C=O) groups is 1. The van der Waals surface area contributed by atoms with Gasteiger partial charge in [0.2, 0.25) is 5.91 Å². The van der Waals surface area contributed by atoms with Crippen LogP contribution >= 0.6 is 23.1 Å². The van der Waals surface area contributed by atoms with E-state index in [1.165, 1.54) is 41.6 Å². The lowest BCUT2D eigenvalue weighted by atomic mass is 10.2. The summed E-state index contributed by atoms with van der Waals surface area (Å²) >= 11 is 3.18. The molecule has 0 bridgehead atoms. The standard InChI is InChI=1S/C18H21FN2OS2/c19-14-5-7-15(8-6-14)24-13-18(22)20-12-16(17-4-3-11-23-17)21-9-1-2-10-21/h3-8,11,16H,1-2,9-10,12-13H2,(H,20,22)/t16-/m1/s1. The average molecular weight is 365 g/mol. The van der Waals surface area contributed by atoms with Crippen molar-refractivity contribution in [3.8, 4) is 0 Å². The number of rotatable bonds is 7. The summed E-state index contributed by atoms with van der Waals surface area (Å²) < 4.78 is 12.9. The van der Waals surface area contributed by atoms with Crippen LogP contribution in [0.2, 0.25) is 0 Å². The third-order valence-electron chi connectivity index (χ3n) is 4.13. The van der Waals surface area contributed by atoms with Crippen molar-refractivity contribution in [2.75, 3.05) is 25.4 Å². The predicted molar refractivity (Wildman–Crippen MR) is 98.0 cm³/mol. The number of halogens is 1. The van der Waals surface area contributed by atoms with Gasteiger partial charge in [-0.05, 0) is 61.6 Å². The molecular formula is C18H21FN2OS2. The zero-order valence-corrected chi connectivity index (χ0v) is 15.0. The molecule has 6 heteroatoms. The molecule has 1 saturated heterocycles. The molecule has 0 spiro atoms. The van der Waals surface area contributed by atoms with Crippen LogP contribution in [0.4, 0.5) is 4.39 Å². The SMILES string of the molecule is O=C(CSc1ccc(F)cc1)NC[C@H](c1cccs1)N1CCCC1. The van der Waals surface area contributed by atoms with Gasteiger partial charge in [-0.25, -0.2) is 4.39 Å². The van der Waals surface area contributed by atoms with E-state index < -0.39 is 0 Å². The van der Waals surface area contributed by atoms with E-state index in [4.69, 9.17) is 0 Å². The maximum atomic E-state index is 12.9. The number of nitrogens with one attached hydrogen (secondary N) is 1. The highest BCUT2D eigenvalue weighted by Gasteiger charge is 2.24. The lowest BCUT2D eigenvalue weighted by molar-refractivity contribution is -0.118. The average Bonchev–Trinajstić information content (AvgIpc) is 3.29. The Morgan fingerprint density at radius 3 is 2.67 bits per heavy atom. The summed E-state index contributed by atoms with van der Waals surface area (Å²) in [6, 6.07) is 10.7. The van der Waals surface area contributed by atoms with E-state index in [1.807, 2.05) is 0 Å². The number of amides is 1. The lowest BCUT2D eigenvalue weighted by Crippen LogP contribution is -2.37. The second kappa shape index (κ2) is 8.65. The van der Waals surface area contributed by atoms with E-state index in [1.54, 1.807) is 23.5 Å². The number of hydrogen-bond acceptors (Lipinski definition) is 4. The van der Waals surface area contributed by atoms with Gasteiger partial charge in [0.25, 0.3) is 0 Å². The molecule has 1 N–H and O–H groups in total. The number of thioether (sulfide) groups is 1. The molecule has 0 unspecified atom stereocenters. The monoisotopic (exact) mass is 364 g/mol. The van der Waals surface area contributed by atoms with E-state index in [0.29, 0.717) is 12.3 Å². The first-order valence-electron chi connectivity index (χ1n) is 8.15. The van der Waals surface area contributed by atoms with Crippen molar-refractivity contribution in [1.29, 1.82) is 0 Å².